The fraction of sp³-hybridized carbons (Fsp3) is 0.200. The van der Waals surface area contributed by atoms with Crippen molar-refractivity contribution in [3.05, 3.63) is 76.5 Å². The molecule has 1 aliphatic heterocycles. The van der Waals surface area contributed by atoms with Gasteiger partial charge < -0.3 is 5.32 Å². The topological polar surface area (TPSA) is 46.9 Å². The molecule has 0 radical (unpaired) electrons. The predicted molar refractivity (Wildman–Crippen MR) is 102 cm³/mol. The van der Waals surface area contributed by atoms with E-state index in [0.717, 1.165) is 22.9 Å². The third kappa shape index (κ3) is 3.35. The molecule has 0 aliphatic carbocycles. The molecule has 0 bridgehead atoms. The smallest absolute Gasteiger partial charge is 0.235 e. The molecule has 4 rings (SSSR count). The van der Waals surface area contributed by atoms with E-state index >= 15 is 0 Å². The fourth-order valence-corrected chi connectivity index (χ4v) is 4.41. The van der Waals surface area contributed by atoms with Crippen LogP contribution in [0.5, 0.6) is 0 Å². The lowest BCUT2D eigenvalue weighted by molar-refractivity contribution is -0.113. The molecule has 1 aromatic heterocycles. The van der Waals surface area contributed by atoms with Crippen LogP contribution in [0.2, 0.25) is 0 Å². The maximum atomic E-state index is 13.8. The van der Waals surface area contributed by atoms with Gasteiger partial charge in [0.2, 0.25) is 5.91 Å². The van der Waals surface area contributed by atoms with Gasteiger partial charge in [0.25, 0.3) is 0 Å². The van der Waals surface area contributed by atoms with Crippen molar-refractivity contribution in [3.63, 3.8) is 0 Å². The summed E-state index contributed by atoms with van der Waals surface area (Å²) in [5.41, 5.74) is 3.86. The van der Waals surface area contributed by atoms with Crippen LogP contribution in [0.15, 0.2) is 42.5 Å². The second-order valence-corrected chi connectivity index (χ2v) is 7.63. The van der Waals surface area contributed by atoms with E-state index in [1.54, 1.807) is 4.68 Å². The molecule has 7 heteroatoms. The van der Waals surface area contributed by atoms with Crippen LogP contribution in [0.4, 0.5) is 14.6 Å². The van der Waals surface area contributed by atoms with Crippen LogP contribution < -0.4 is 5.32 Å². The number of carbonyl (C=O) groups is 1. The van der Waals surface area contributed by atoms with Gasteiger partial charge in [0.1, 0.15) is 17.5 Å². The molecule has 0 saturated heterocycles. The summed E-state index contributed by atoms with van der Waals surface area (Å²) in [4.78, 5) is 12.3. The number of nitrogens with zero attached hydrogens (tertiary/aromatic N) is 2. The number of hydrogen-bond acceptors (Lipinski definition) is 3. The highest BCUT2D eigenvalue weighted by molar-refractivity contribution is 8.00. The zero-order valence-corrected chi connectivity index (χ0v) is 15.6. The number of fused-ring (bicyclic) bond motifs is 1. The van der Waals surface area contributed by atoms with Crippen molar-refractivity contribution in [2.45, 2.75) is 19.1 Å². The van der Waals surface area contributed by atoms with Gasteiger partial charge in [0, 0.05) is 11.6 Å². The Kier molecular flexibility index (Phi) is 4.47. The van der Waals surface area contributed by atoms with Gasteiger partial charge in [-0.2, -0.15) is 5.10 Å². The summed E-state index contributed by atoms with van der Waals surface area (Å²) >= 11 is 1.33. The normalized spacial score (nSPS) is 16.6. The number of thioether (sulfide) groups is 1. The lowest BCUT2D eigenvalue weighted by Gasteiger charge is -2.15. The third-order valence-corrected chi connectivity index (χ3v) is 5.74. The van der Waals surface area contributed by atoms with Crippen molar-refractivity contribution in [1.82, 2.24) is 9.78 Å². The second kappa shape index (κ2) is 6.81. The molecular weight excluding hydrogens is 368 g/mol. The van der Waals surface area contributed by atoms with E-state index in [4.69, 9.17) is 0 Å². The van der Waals surface area contributed by atoms with Crippen LogP contribution in [0, 0.1) is 25.5 Å². The van der Waals surface area contributed by atoms with Crippen molar-refractivity contribution < 1.29 is 13.6 Å². The summed E-state index contributed by atoms with van der Waals surface area (Å²) in [5.74, 6) is -0.724. The molecule has 138 valence electrons. The number of hydrogen-bond donors (Lipinski definition) is 1. The number of aryl methyl sites for hydroxylation is 2. The van der Waals surface area contributed by atoms with Gasteiger partial charge in [-0.1, -0.05) is 17.7 Å². The Balaban J connectivity index is 1.90. The molecule has 1 aliphatic rings. The second-order valence-electron chi connectivity index (χ2n) is 6.54. The SMILES string of the molecule is Cc1ccc(-n2nc(C)c3c2NC(=O)CS[C@@H]3c2cc(F)cc(F)c2)cc1. The molecule has 3 aromatic rings. The first-order valence-corrected chi connectivity index (χ1v) is 9.51. The Bertz CT molecular complexity index is 1010. The number of amides is 1. The minimum absolute atomic E-state index is 0.172. The first-order chi connectivity index (χ1) is 12.9. The summed E-state index contributed by atoms with van der Waals surface area (Å²) in [5, 5.41) is 7.10. The van der Waals surface area contributed by atoms with E-state index < -0.39 is 16.9 Å². The molecule has 2 aromatic carbocycles. The molecule has 27 heavy (non-hydrogen) atoms. The fourth-order valence-electron chi connectivity index (χ4n) is 3.25. The monoisotopic (exact) mass is 385 g/mol. The molecule has 0 unspecified atom stereocenters. The highest BCUT2D eigenvalue weighted by atomic mass is 32.2. The zero-order valence-electron chi connectivity index (χ0n) is 14.8. The van der Waals surface area contributed by atoms with Crippen molar-refractivity contribution in [3.8, 4) is 5.69 Å². The van der Waals surface area contributed by atoms with Gasteiger partial charge in [-0.15, -0.1) is 11.8 Å². The standard InChI is InChI=1S/C20H17F2N3OS/c1-11-3-5-16(6-4-11)25-20-18(12(2)24-25)19(27-10-17(26)23-20)13-7-14(21)9-15(22)8-13/h3-9,19H,10H2,1-2H3,(H,23,26)/t19-/m1/s1. The molecule has 4 nitrogen and oxygen atoms in total. The van der Waals surface area contributed by atoms with Crippen molar-refractivity contribution in [2.24, 2.45) is 0 Å². The van der Waals surface area contributed by atoms with E-state index in [2.05, 4.69) is 10.4 Å². The number of aromatic nitrogens is 2. The quantitative estimate of drug-likeness (QED) is 0.704. The molecule has 0 fully saturated rings. The Hall–Kier alpha value is -2.67. The van der Waals surface area contributed by atoms with Crippen LogP contribution in [0.25, 0.3) is 5.69 Å². The van der Waals surface area contributed by atoms with Crippen LogP contribution in [-0.2, 0) is 4.79 Å². The molecular formula is C20H17F2N3OS. The van der Waals surface area contributed by atoms with Crippen molar-refractivity contribution in [2.75, 3.05) is 11.1 Å². The Morgan fingerprint density at radius 1 is 1.11 bits per heavy atom. The molecule has 0 saturated carbocycles. The Morgan fingerprint density at radius 2 is 1.78 bits per heavy atom. The van der Waals surface area contributed by atoms with E-state index in [1.165, 1.54) is 23.9 Å². The van der Waals surface area contributed by atoms with Crippen LogP contribution >= 0.6 is 11.8 Å². The first kappa shape index (κ1) is 17.7. The number of benzene rings is 2. The van der Waals surface area contributed by atoms with Gasteiger partial charge in [-0.3, -0.25) is 4.79 Å². The predicted octanol–water partition coefficient (Wildman–Crippen LogP) is 4.54. The molecule has 1 atom stereocenters. The Morgan fingerprint density at radius 3 is 2.44 bits per heavy atom. The van der Waals surface area contributed by atoms with E-state index in [-0.39, 0.29) is 11.7 Å². The zero-order chi connectivity index (χ0) is 19.1. The maximum Gasteiger partial charge on any atom is 0.235 e. The van der Waals surface area contributed by atoms with Gasteiger partial charge >= 0.3 is 0 Å². The summed E-state index contributed by atoms with van der Waals surface area (Å²) in [6.07, 6.45) is 0. The first-order valence-electron chi connectivity index (χ1n) is 8.46. The summed E-state index contributed by atoms with van der Waals surface area (Å²) in [7, 11) is 0. The van der Waals surface area contributed by atoms with Crippen LogP contribution in [0.3, 0.4) is 0 Å². The summed E-state index contributed by atoms with van der Waals surface area (Å²) < 4.78 is 29.3. The van der Waals surface area contributed by atoms with Gasteiger partial charge in [0.15, 0.2) is 0 Å². The molecule has 1 N–H and O–H groups in total. The van der Waals surface area contributed by atoms with Gasteiger partial charge in [-0.05, 0) is 43.7 Å². The van der Waals surface area contributed by atoms with E-state index in [1.807, 2.05) is 38.1 Å². The lowest BCUT2D eigenvalue weighted by Crippen LogP contribution is -2.15. The average Bonchev–Trinajstić information content (AvgIpc) is 2.81. The number of carbonyl (C=O) groups excluding carboxylic acids is 1. The highest BCUT2D eigenvalue weighted by Gasteiger charge is 2.31. The molecule has 1 amide bonds. The van der Waals surface area contributed by atoms with Crippen molar-refractivity contribution >= 4 is 23.5 Å². The van der Waals surface area contributed by atoms with E-state index in [0.29, 0.717) is 17.1 Å². The number of rotatable bonds is 2. The summed E-state index contributed by atoms with van der Waals surface area (Å²) in [6, 6.07) is 11.2. The third-order valence-electron chi connectivity index (χ3n) is 4.47. The minimum atomic E-state index is -0.640. The number of halogens is 2. The molecule has 0 spiro atoms. The largest absolute Gasteiger partial charge is 0.310 e. The number of nitrogens with one attached hydrogen (secondary N) is 1. The highest BCUT2D eigenvalue weighted by Crippen LogP contribution is 2.44. The minimum Gasteiger partial charge on any atom is -0.310 e. The summed E-state index contributed by atoms with van der Waals surface area (Å²) in [6.45, 7) is 3.83. The van der Waals surface area contributed by atoms with Crippen molar-refractivity contribution in [1.29, 1.82) is 0 Å². The van der Waals surface area contributed by atoms with Crippen LogP contribution in [0.1, 0.15) is 27.6 Å². The van der Waals surface area contributed by atoms with E-state index in [9.17, 15) is 13.6 Å². The average molecular weight is 385 g/mol. The number of anilines is 1. The van der Waals surface area contributed by atoms with Gasteiger partial charge in [-0.25, -0.2) is 13.5 Å². The maximum absolute atomic E-state index is 13.8. The van der Waals surface area contributed by atoms with Crippen LogP contribution in [-0.4, -0.2) is 21.4 Å². The Labute approximate surface area is 159 Å². The lowest BCUT2D eigenvalue weighted by atomic mass is 10.0. The van der Waals surface area contributed by atoms with Gasteiger partial charge in [0.05, 0.1) is 22.4 Å². The molecule has 2 heterocycles.